The van der Waals surface area contributed by atoms with Crippen molar-refractivity contribution < 1.29 is 4.42 Å². The van der Waals surface area contributed by atoms with Gasteiger partial charge in [0.15, 0.2) is 0 Å². The first kappa shape index (κ1) is 29.4. The van der Waals surface area contributed by atoms with Crippen molar-refractivity contribution in [1.29, 1.82) is 0 Å². The average molecular weight is 664 g/mol. The SMILES string of the molecule is CCCc1cc2c3c(c1)c1cc(-c4ccccc4)ccc1n3-c1c(ccc3c1ccc1oc4ccccc4c13)B2c1ccccc1-c1ccccc1. The quantitative estimate of drug-likeness (QED) is 0.168. The monoisotopic (exact) mass is 663 g/mol. The van der Waals surface area contributed by atoms with Crippen LogP contribution in [0.2, 0.25) is 0 Å². The highest BCUT2D eigenvalue weighted by Gasteiger charge is 2.36. The molecule has 0 amide bonds. The Morgan fingerprint density at radius 2 is 1.25 bits per heavy atom. The smallest absolute Gasteiger partial charge is 0.247 e. The Bertz CT molecular complexity index is 3030. The molecule has 0 radical (unpaired) electrons. The summed E-state index contributed by atoms with van der Waals surface area (Å²) in [6.07, 6.45) is 2.14. The molecule has 0 unspecified atom stereocenters. The number of nitrogens with zero attached hydrogens (tertiary/aromatic N) is 1. The Morgan fingerprint density at radius 1 is 0.500 bits per heavy atom. The summed E-state index contributed by atoms with van der Waals surface area (Å²) in [6.45, 7) is 2.33. The third-order valence-electron chi connectivity index (χ3n) is 11.3. The largest absolute Gasteiger partial charge is 0.456 e. The molecule has 52 heavy (non-hydrogen) atoms. The van der Waals surface area contributed by atoms with Crippen LogP contribution in [-0.2, 0) is 6.42 Å². The zero-order valence-electron chi connectivity index (χ0n) is 28.9. The van der Waals surface area contributed by atoms with E-state index in [1.165, 1.54) is 87.9 Å². The number of rotatable bonds is 5. The molecule has 0 N–H and O–H groups in total. The van der Waals surface area contributed by atoms with Gasteiger partial charge in [0.25, 0.3) is 0 Å². The van der Waals surface area contributed by atoms with Gasteiger partial charge in [-0.25, -0.2) is 0 Å². The van der Waals surface area contributed by atoms with Crippen LogP contribution in [0.1, 0.15) is 18.9 Å². The summed E-state index contributed by atoms with van der Waals surface area (Å²) in [6, 6.07) is 60.5. The molecule has 11 rings (SSSR count). The van der Waals surface area contributed by atoms with E-state index in [4.69, 9.17) is 4.42 Å². The summed E-state index contributed by atoms with van der Waals surface area (Å²) in [5.41, 5.74) is 16.1. The van der Waals surface area contributed by atoms with E-state index in [0.29, 0.717) is 0 Å². The standard InChI is InChI=1S/C49H34BNO/c1-2-13-31-28-40-39-30-34(32-14-5-3-6-15-32)22-26-44(39)51-48-37-24-27-46-47(38-19-10-12-21-45(38)52-46)36(37)23-25-42(48)50(43(29-31)49(40)51)41-20-11-9-18-35(41)33-16-7-4-8-17-33/h3-12,14-30H,2,13H2,1H3. The molecule has 2 aromatic heterocycles. The molecule has 3 heterocycles. The summed E-state index contributed by atoms with van der Waals surface area (Å²) < 4.78 is 9.01. The first-order chi connectivity index (χ1) is 25.8. The lowest BCUT2D eigenvalue weighted by Crippen LogP contribution is -2.56. The van der Waals surface area contributed by atoms with Gasteiger partial charge < -0.3 is 8.98 Å². The Kier molecular flexibility index (Phi) is 6.42. The van der Waals surface area contributed by atoms with Gasteiger partial charge in [0.05, 0.1) is 5.52 Å². The van der Waals surface area contributed by atoms with E-state index < -0.39 is 0 Å². The van der Waals surface area contributed by atoms with Gasteiger partial charge in [-0.2, -0.15) is 0 Å². The zero-order valence-corrected chi connectivity index (χ0v) is 28.9. The van der Waals surface area contributed by atoms with Crippen molar-refractivity contribution in [3.63, 3.8) is 0 Å². The first-order valence-electron chi connectivity index (χ1n) is 18.4. The predicted molar refractivity (Wildman–Crippen MR) is 222 cm³/mol. The van der Waals surface area contributed by atoms with Crippen LogP contribution < -0.4 is 16.4 Å². The van der Waals surface area contributed by atoms with Crippen LogP contribution in [0.25, 0.3) is 82.5 Å². The molecule has 0 saturated carbocycles. The van der Waals surface area contributed by atoms with Crippen molar-refractivity contribution >= 4 is 77.6 Å². The molecule has 0 aliphatic carbocycles. The number of hydrogen-bond donors (Lipinski definition) is 0. The van der Waals surface area contributed by atoms with Gasteiger partial charge in [0, 0.05) is 38.1 Å². The molecular weight excluding hydrogens is 629 g/mol. The second-order valence-corrected chi connectivity index (χ2v) is 14.3. The van der Waals surface area contributed by atoms with Gasteiger partial charge in [0.1, 0.15) is 11.2 Å². The van der Waals surface area contributed by atoms with E-state index in [1.54, 1.807) is 0 Å². The topological polar surface area (TPSA) is 18.1 Å². The Labute approximate surface area is 302 Å². The fraction of sp³-hybridized carbons (Fsp3) is 0.0612. The minimum atomic E-state index is 0.0392. The number of aromatic nitrogens is 1. The summed E-state index contributed by atoms with van der Waals surface area (Å²) in [4.78, 5) is 0. The van der Waals surface area contributed by atoms with E-state index in [0.717, 1.165) is 29.4 Å². The lowest BCUT2D eigenvalue weighted by Gasteiger charge is -2.30. The third-order valence-corrected chi connectivity index (χ3v) is 11.3. The molecule has 0 spiro atoms. The van der Waals surface area contributed by atoms with Gasteiger partial charge in [-0.3, -0.25) is 0 Å². The maximum atomic E-state index is 6.41. The fourth-order valence-corrected chi connectivity index (χ4v) is 9.18. The van der Waals surface area contributed by atoms with Crippen molar-refractivity contribution in [2.75, 3.05) is 0 Å². The maximum absolute atomic E-state index is 6.41. The highest BCUT2D eigenvalue weighted by molar-refractivity contribution is 6.99. The van der Waals surface area contributed by atoms with Gasteiger partial charge in [-0.15, -0.1) is 0 Å². The second kappa shape index (κ2) is 11.3. The molecule has 0 bridgehead atoms. The van der Waals surface area contributed by atoms with Crippen molar-refractivity contribution in [3.05, 3.63) is 169 Å². The molecule has 10 aromatic rings. The molecule has 3 heteroatoms. The molecular formula is C49H34BNO. The molecule has 8 aromatic carbocycles. The van der Waals surface area contributed by atoms with Crippen LogP contribution in [0.5, 0.6) is 0 Å². The number of furan rings is 1. The van der Waals surface area contributed by atoms with Crippen molar-refractivity contribution in [2.24, 2.45) is 0 Å². The lowest BCUT2D eigenvalue weighted by molar-refractivity contribution is 0.669. The van der Waals surface area contributed by atoms with E-state index in [9.17, 15) is 0 Å². The Balaban J connectivity index is 1.32. The van der Waals surface area contributed by atoms with Gasteiger partial charge in [-0.1, -0.05) is 146 Å². The Hall–Kier alpha value is -6.32. The maximum Gasteiger partial charge on any atom is 0.247 e. The van der Waals surface area contributed by atoms with Crippen molar-refractivity contribution in [1.82, 2.24) is 4.57 Å². The van der Waals surface area contributed by atoms with Crippen LogP contribution in [0.4, 0.5) is 0 Å². The molecule has 2 nitrogen and oxygen atoms in total. The minimum absolute atomic E-state index is 0.0392. The number of benzene rings is 8. The number of hydrogen-bond acceptors (Lipinski definition) is 1. The van der Waals surface area contributed by atoms with Crippen LogP contribution in [0.15, 0.2) is 168 Å². The summed E-state index contributed by atoms with van der Waals surface area (Å²) >= 11 is 0. The van der Waals surface area contributed by atoms with Crippen LogP contribution in [0, 0.1) is 0 Å². The fourth-order valence-electron chi connectivity index (χ4n) is 9.18. The average Bonchev–Trinajstić information content (AvgIpc) is 3.75. The molecule has 0 atom stereocenters. The first-order valence-corrected chi connectivity index (χ1v) is 18.4. The predicted octanol–water partition coefficient (Wildman–Crippen LogP) is 11.0. The highest BCUT2D eigenvalue weighted by Crippen LogP contribution is 2.41. The Morgan fingerprint density at radius 3 is 2.10 bits per heavy atom. The highest BCUT2D eigenvalue weighted by atomic mass is 16.3. The number of fused-ring (bicyclic) bond motifs is 11. The second-order valence-electron chi connectivity index (χ2n) is 14.3. The van der Waals surface area contributed by atoms with Gasteiger partial charge >= 0.3 is 0 Å². The van der Waals surface area contributed by atoms with Crippen LogP contribution >= 0.6 is 0 Å². The molecule has 1 aliphatic heterocycles. The third kappa shape index (κ3) is 4.20. The van der Waals surface area contributed by atoms with E-state index >= 15 is 0 Å². The summed E-state index contributed by atoms with van der Waals surface area (Å²) in [5.74, 6) is 0. The van der Waals surface area contributed by atoms with E-state index in [2.05, 4.69) is 175 Å². The van der Waals surface area contributed by atoms with Crippen LogP contribution in [-0.4, -0.2) is 11.3 Å². The van der Waals surface area contributed by atoms with Crippen molar-refractivity contribution in [3.8, 4) is 27.9 Å². The van der Waals surface area contributed by atoms with Gasteiger partial charge in [0.2, 0.25) is 6.71 Å². The molecule has 0 fully saturated rings. The van der Waals surface area contributed by atoms with Crippen molar-refractivity contribution in [2.45, 2.75) is 19.8 Å². The molecule has 0 saturated heterocycles. The number of para-hydroxylation sites is 1. The van der Waals surface area contributed by atoms with Crippen LogP contribution in [0.3, 0.4) is 0 Å². The summed E-state index contributed by atoms with van der Waals surface area (Å²) in [5, 5.41) is 7.43. The lowest BCUT2D eigenvalue weighted by atomic mass is 9.34. The number of aryl methyl sites for hydroxylation is 1. The van der Waals surface area contributed by atoms with Gasteiger partial charge in [-0.05, 0) is 86.9 Å². The summed E-state index contributed by atoms with van der Waals surface area (Å²) in [7, 11) is 0. The zero-order chi connectivity index (χ0) is 34.3. The van der Waals surface area contributed by atoms with E-state index in [1.807, 2.05) is 0 Å². The normalized spacial score (nSPS) is 12.4. The minimum Gasteiger partial charge on any atom is -0.456 e. The molecule has 1 aliphatic rings. The molecule has 244 valence electrons. The van der Waals surface area contributed by atoms with E-state index in [-0.39, 0.29) is 6.71 Å².